The number of carbonyl (C=O) groups is 3. The van der Waals surface area contributed by atoms with Crippen LogP contribution in [-0.2, 0) is 19.8 Å². The molecule has 178 valence electrons. The number of carbonyl (C=O) groups excluding carboxylic acids is 3. The summed E-state index contributed by atoms with van der Waals surface area (Å²) in [4.78, 5) is 47.7. The van der Waals surface area contributed by atoms with Crippen LogP contribution in [0.2, 0.25) is 0 Å². The van der Waals surface area contributed by atoms with Crippen LogP contribution in [0.1, 0.15) is 50.5 Å². The molecule has 2 aromatic rings. The third kappa shape index (κ3) is 4.31. The Labute approximate surface area is 200 Å². The van der Waals surface area contributed by atoms with Gasteiger partial charge >= 0.3 is 0 Å². The maximum atomic E-state index is 13.8. The van der Waals surface area contributed by atoms with E-state index < -0.39 is 5.41 Å². The number of fused-ring (bicyclic) bond motifs is 2. The van der Waals surface area contributed by atoms with Gasteiger partial charge in [0, 0.05) is 38.2 Å². The SMILES string of the molecule is O=C1C[C@](CC(=O)N2C[C@@H]3CCC[C@H]2C3)(c2ccccc2)C(=O)N1CCCOc1cccnc1. The van der Waals surface area contributed by atoms with E-state index in [9.17, 15) is 14.4 Å². The molecule has 3 aliphatic rings. The standard InChI is InChI=1S/C27H31N3O4/c31-24-16-27(21-8-2-1-3-9-21,17-25(32)30-19-20-7-4-10-22(30)15-20)26(33)29(24)13-6-14-34-23-11-5-12-28-18-23/h1-3,5,8-9,11-12,18,20,22H,4,6-7,10,13-17,19H2/t20-,22+,27+/m1/s1. The molecule has 3 heterocycles. The Hall–Kier alpha value is -3.22. The number of hydrogen-bond acceptors (Lipinski definition) is 5. The Bertz CT molecular complexity index is 1040. The van der Waals surface area contributed by atoms with Crippen LogP contribution >= 0.6 is 0 Å². The number of ether oxygens (including phenoxy) is 1. The van der Waals surface area contributed by atoms with Gasteiger partial charge in [-0.2, -0.15) is 0 Å². The number of likely N-dealkylation sites (tertiary alicyclic amines) is 2. The maximum absolute atomic E-state index is 13.8. The maximum Gasteiger partial charge on any atom is 0.240 e. The van der Waals surface area contributed by atoms with Gasteiger partial charge in [-0.05, 0) is 49.3 Å². The van der Waals surface area contributed by atoms with E-state index in [1.807, 2.05) is 41.3 Å². The molecule has 7 nitrogen and oxygen atoms in total. The summed E-state index contributed by atoms with van der Waals surface area (Å²) in [6, 6.07) is 13.3. The molecule has 1 aromatic carbocycles. The zero-order valence-corrected chi connectivity index (χ0v) is 19.4. The highest BCUT2D eigenvalue weighted by Crippen LogP contribution is 2.42. The molecule has 0 N–H and O–H groups in total. The van der Waals surface area contributed by atoms with E-state index in [1.54, 1.807) is 18.5 Å². The summed E-state index contributed by atoms with van der Waals surface area (Å²) in [6.45, 7) is 1.43. The van der Waals surface area contributed by atoms with Crippen molar-refractivity contribution in [2.24, 2.45) is 5.92 Å². The first-order valence-corrected chi connectivity index (χ1v) is 12.3. The summed E-state index contributed by atoms with van der Waals surface area (Å²) in [7, 11) is 0. The average Bonchev–Trinajstić information content (AvgIpc) is 3.29. The molecule has 2 bridgehead atoms. The lowest BCUT2D eigenvalue weighted by atomic mass is 9.75. The molecule has 1 saturated carbocycles. The Balaban J connectivity index is 1.31. The molecule has 1 aromatic heterocycles. The molecule has 3 amide bonds. The van der Waals surface area contributed by atoms with Gasteiger partial charge in [-0.25, -0.2) is 0 Å². The van der Waals surface area contributed by atoms with Crippen molar-refractivity contribution in [3.8, 4) is 5.75 Å². The molecule has 3 atom stereocenters. The summed E-state index contributed by atoms with van der Waals surface area (Å²) in [5.41, 5.74) is -0.381. The number of imide groups is 1. The second-order valence-corrected chi connectivity index (χ2v) is 9.78. The second-order valence-electron chi connectivity index (χ2n) is 9.78. The highest BCUT2D eigenvalue weighted by Gasteiger charge is 2.54. The van der Waals surface area contributed by atoms with Gasteiger partial charge in [0.1, 0.15) is 5.75 Å². The van der Waals surface area contributed by atoms with E-state index in [4.69, 9.17) is 4.74 Å². The summed E-state index contributed by atoms with van der Waals surface area (Å²) >= 11 is 0. The lowest BCUT2D eigenvalue weighted by Crippen LogP contribution is -2.44. The van der Waals surface area contributed by atoms with Crippen molar-refractivity contribution >= 4 is 17.7 Å². The number of pyridine rings is 1. The molecule has 3 fully saturated rings. The fourth-order valence-electron chi connectivity index (χ4n) is 5.90. The summed E-state index contributed by atoms with van der Waals surface area (Å²) in [5, 5.41) is 0. The molecular weight excluding hydrogens is 430 g/mol. The molecule has 0 spiro atoms. The van der Waals surface area contributed by atoms with E-state index >= 15 is 0 Å². The van der Waals surface area contributed by atoms with Crippen LogP contribution in [0.3, 0.4) is 0 Å². The molecule has 34 heavy (non-hydrogen) atoms. The van der Waals surface area contributed by atoms with E-state index in [0.29, 0.717) is 24.7 Å². The summed E-state index contributed by atoms with van der Waals surface area (Å²) in [5.74, 6) is 0.749. The Kier molecular flexibility index (Phi) is 6.35. The summed E-state index contributed by atoms with van der Waals surface area (Å²) < 4.78 is 5.67. The highest BCUT2D eigenvalue weighted by atomic mass is 16.5. The average molecular weight is 462 g/mol. The largest absolute Gasteiger partial charge is 0.492 e. The molecule has 1 aliphatic carbocycles. The molecule has 0 unspecified atom stereocenters. The Morgan fingerprint density at radius 1 is 1.12 bits per heavy atom. The number of nitrogens with zero attached hydrogens (tertiary/aromatic N) is 3. The first-order valence-electron chi connectivity index (χ1n) is 12.3. The van der Waals surface area contributed by atoms with E-state index in [0.717, 1.165) is 31.4 Å². The number of aromatic nitrogens is 1. The Morgan fingerprint density at radius 3 is 2.74 bits per heavy atom. The first-order chi connectivity index (χ1) is 16.6. The molecule has 7 heteroatoms. The monoisotopic (exact) mass is 461 g/mol. The first kappa shape index (κ1) is 22.6. The predicted octanol–water partition coefficient (Wildman–Crippen LogP) is 3.34. The van der Waals surface area contributed by atoms with Gasteiger partial charge in [-0.1, -0.05) is 36.8 Å². The lowest BCUT2D eigenvalue weighted by Gasteiger charge is -2.31. The van der Waals surface area contributed by atoms with Crippen molar-refractivity contribution in [1.29, 1.82) is 0 Å². The van der Waals surface area contributed by atoms with Crippen LogP contribution in [0.4, 0.5) is 0 Å². The second kappa shape index (κ2) is 9.57. The van der Waals surface area contributed by atoms with Crippen LogP contribution < -0.4 is 4.74 Å². The molecular formula is C27H31N3O4. The molecule has 2 aliphatic heterocycles. The van der Waals surface area contributed by atoms with Gasteiger partial charge < -0.3 is 9.64 Å². The van der Waals surface area contributed by atoms with Crippen LogP contribution in [-0.4, -0.2) is 58.2 Å². The lowest BCUT2D eigenvalue weighted by molar-refractivity contribution is -0.143. The Morgan fingerprint density at radius 2 is 1.97 bits per heavy atom. The van der Waals surface area contributed by atoms with E-state index in [2.05, 4.69) is 4.98 Å². The van der Waals surface area contributed by atoms with Gasteiger partial charge in [0.2, 0.25) is 17.7 Å². The smallest absolute Gasteiger partial charge is 0.240 e. The van der Waals surface area contributed by atoms with Gasteiger partial charge in [-0.15, -0.1) is 0 Å². The third-order valence-electron chi connectivity index (χ3n) is 7.59. The van der Waals surface area contributed by atoms with E-state index in [1.165, 1.54) is 11.3 Å². The van der Waals surface area contributed by atoms with Gasteiger partial charge in [-0.3, -0.25) is 24.3 Å². The number of amides is 3. The van der Waals surface area contributed by atoms with Crippen LogP contribution in [0.15, 0.2) is 54.9 Å². The van der Waals surface area contributed by atoms with Crippen molar-refractivity contribution < 1.29 is 19.1 Å². The fraction of sp³-hybridized carbons (Fsp3) is 0.481. The minimum atomic E-state index is -1.13. The summed E-state index contributed by atoms with van der Waals surface area (Å²) in [6.07, 6.45) is 8.35. The topological polar surface area (TPSA) is 79.8 Å². The van der Waals surface area contributed by atoms with Gasteiger partial charge in [0.15, 0.2) is 0 Å². The van der Waals surface area contributed by atoms with Crippen molar-refractivity contribution in [1.82, 2.24) is 14.8 Å². The number of hydrogen-bond donors (Lipinski definition) is 0. The van der Waals surface area contributed by atoms with Crippen molar-refractivity contribution in [2.75, 3.05) is 19.7 Å². The number of benzene rings is 1. The van der Waals surface area contributed by atoms with Crippen molar-refractivity contribution in [2.45, 2.75) is 56.4 Å². The van der Waals surface area contributed by atoms with Crippen LogP contribution in [0, 0.1) is 5.92 Å². The van der Waals surface area contributed by atoms with E-state index in [-0.39, 0.29) is 43.1 Å². The quantitative estimate of drug-likeness (QED) is 0.445. The van der Waals surface area contributed by atoms with Gasteiger partial charge in [0.05, 0.1) is 18.2 Å². The van der Waals surface area contributed by atoms with Crippen molar-refractivity contribution in [3.63, 3.8) is 0 Å². The zero-order valence-electron chi connectivity index (χ0n) is 19.4. The van der Waals surface area contributed by atoms with Crippen LogP contribution in [0.25, 0.3) is 0 Å². The van der Waals surface area contributed by atoms with Crippen LogP contribution in [0.5, 0.6) is 5.75 Å². The number of rotatable bonds is 8. The third-order valence-corrected chi connectivity index (χ3v) is 7.59. The predicted molar refractivity (Wildman–Crippen MR) is 126 cm³/mol. The van der Waals surface area contributed by atoms with Gasteiger partial charge in [0.25, 0.3) is 0 Å². The normalized spacial score (nSPS) is 26.2. The zero-order chi connectivity index (χ0) is 23.5. The fourth-order valence-corrected chi connectivity index (χ4v) is 5.90. The molecule has 5 rings (SSSR count). The minimum absolute atomic E-state index is 0.00108. The molecule has 2 saturated heterocycles. The molecule has 0 radical (unpaired) electrons. The highest BCUT2D eigenvalue weighted by molar-refractivity contribution is 6.10. The van der Waals surface area contributed by atoms with Crippen molar-refractivity contribution in [3.05, 3.63) is 60.4 Å². The minimum Gasteiger partial charge on any atom is -0.492 e.